The summed E-state index contributed by atoms with van der Waals surface area (Å²) in [5.41, 5.74) is 0.804. The van der Waals surface area contributed by atoms with Crippen LogP contribution in [0.4, 0.5) is 0 Å². The average molecular weight is 271 g/mol. The number of carbonyl (C=O) groups excluding carboxylic acids is 1. The molecule has 0 saturated carbocycles. The molecule has 2 aromatic heterocycles. The Morgan fingerprint density at radius 2 is 2.35 bits per heavy atom. The zero-order valence-electron chi connectivity index (χ0n) is 11.1. The van der Waals surface area contributed by atoms with Gasteiger partial charge in [0.1, 0.15) is 0 Å². The number of nitrogens with zero attached hydrogens (tertiary/aromatic N) is 3. The molecule has 3 atom stereocenters. The van der Waals surface area contributed by atoms with E-state index in [1.807, 2.05) is 28.8 Å². The third kappa shape index (κ3) is 1.87. The van der Waals surface area contributed by atoms with E-state index in [0.29, 0.717) is 18.6 Å². The van der Waals surface area contributed by atoms with Gasteiger partial charge in [0.25, 0.3) is 0 Å². The van der Waals surface area contributed by atoms with Gasteiger partial charge >= 0.3 is 0 Å². The Balaban J connectivity index is 1.44. The van der Waals surface area contributed by atoms with Crippen LogP contribution in [0.15, 0.2) is 24.4 Å². The molecule has 3 unspecified atom stereocenters. The number of hydrogen-bond donors (Lipinski definition) is 2. The molecule has 2 aliphatic rings. The first-order chi connectivity index (χ1) is 9.81. The molecule has 104 valence electrons. The lowest BCUT2D eigenvalue weighted by molar-refractivity contribution is -0.125. The monoisotopic (exact) mass is 271 g/mol. The second kappa shape index (κ2) is 4.56. The molecule has 0 spiro atoms. The lowest BCUT2D eigenvalue weighted by Crippen LogP contribution is -2.37. The molecule has 2 aliphatic heterocycles. The summed E-state index contributed by atoms with van der Waals surface area (Å²) in [6.45, 7) is 0.428. The highest BCUT2D eigenvalue weighted by atomic mass is 16.2. The van der Waals surface area contributed by atoms with Gasteiger partial charge in [-0.1, -0.05) is 6.07 Å². The first-order valence-corrected chi connectivity index (χ1v) is 7.13. The molecular weight excluding hydrogens is 254 g/mol. The van der Waals surface area contributed by atoms with E-state index < -0.39 is 0 Å². The maximum Gasteiger partial charge on any atom is 0.225 e. The van der Waals surface area contributed by atoms with E-state index in [1.165, 1.54) is 6.42 Å². The van der Waals surface area contributed by atoms with Crippen LogP contribution in [0.3, 0.4) is 0 Å². The summed E-state index contributed by atoms with van der Waals surface area (Å²) in [4.78, 5) is 12.3. The maximum atomic E-state index is 12.3. The van der Waals surface area contributed by atoms with Crippen molar-refractivity contribution in [2.45, 2.75) is 37.9 Å². The zero-order valence-corrected chi connectivity index (χ0v) is 11.1. The number of hydrogen-bond acceptors (Lipinski definition) is 4. The van der Waals surface area contributed by atoms with E-state index in [-0.39, 0.29) is 11.8 Å². The van der Waals surface area contributed by atoms with E-state index in [4.69, 9.17) is 0 Å². The molecule has 0 aliphatic carbocycles. The van der Waals surface area contributed by atoms with Gasteiger partial charge in [-0.2, -0.15) is 0 Å². The molecule has 6 nitrogen and oxygen atoms in total. The van der Waals surface area contributed by atoms with Gasteiger partial charge in [0, 0.05) is 18.3 Å². The SMILES string of the molecule is O=C(NCc1nnc2ccccn12)C1CC2CCC1N2. The summed E-state index contributed by atoms with van der Waals surface area (Å²) in [6.07, 6.45) is 5.22. The third-order valence-electron chi connectivity index (χ3n) is 4.44. The predicted octanol–water partition coefficient (Wildman–Crippen LogP) is 0.486. The van der Waals surface area contributed by atoms with Crippen LogP contribution < -0.4 is 10.6 Å². The summed E-state index contributed by atoms with van der Waals surface area (Å²) in [5, 5.41) is 14.7. The minimum absolute atomic E-state index is 0.118. The first-order valence-electron chi connectivity index (χ1n) is 7.13. The van der Waals surface area contributed by atoms with Crippen molar-refractivity contribution < 1.29 is 4.79 Å². The fourth-order valence-corrected chi connectivity index (χ4v) is 3.42. The second-order valence-electron chi connectivity index (χ2n) is 5.65. The fraction of sp³-hybridized carbons (Fsp3) is 0.500. The van der Waals surface area contributed by atoms with Crippen molar-refractivity contribution in [1.29, 1.82) is 0 Å². The van der Waals surface area contributed by atoms with Crippen LogP contribution in [0.5, 0.6) is 0 Å². The van der Waals surface area contributed by atoms with Gasteiger partial charge < -0.3 is 10.6 Å². The smallest absolute Gasteiger partial charge is 0.225 e. The van der Waals surface area contributed by atoms with E-state index in [9.17, 15) is 4.79 Å². The second-order valence-corrected chi connectivity index (χ2v) is 5.65. The van der Waals surface area contributed by atoms with Gasteiger partial charge in [-0.3, -0.25) is 9.20 Å². The Bertz CT molecular complexity index is 652. The zero-order chi connectivity index (χ0) is 13.5. The van der Waals surface area contributed by atoms with Crippen LogP contribution in [0, 0.1) is 5.92 Å². The Morgan fingerprint density at radius 1 is 1.40 bits per heavy atom. The van der Waals surface area contributed by atoms with Crippen molar-refractivity contribution in [3.63, 3.8) is 0 Å². The summed E-state index contributed by atoms with van der Waals surface area (Å²) in [5.74, 6) is 1.02. The minimum atomic E-state index is 0.118. The van der Waals surface area contributed by atoms with Crippen LogP contribution in [-0.2, 0) is 11.3 Å². The standard InChI is InChI=1S/C14H17N5O/c20-14(10-7-9-4-5-11(10)16-9)15-8-13-18-17-12-3-1-2-6-19(12)13/h1-3,6,9-11,16H,4-5,7-8H2,(H,15,20). The number of aromatic nitrogens is 3. The summed E-state index contributed by atoms with van der Waals surface area (Å²) in [6, 6.07) is 6.67. The molecular formula is C14H17N5O. The topological polar surface area (TPSA) is 71.3 Å². The molecule has 0 aromatic carbocycles. The predicted molar refractivity (Wildman–Crippen MR) is 72.9 cm³/mol. The quantitative estimate of drug-likeness (QED) is 0.852. The number of rotatable bonds is 3. The van der Waals surface area contributed by atoms with E-state index in [0.717, 1.165) is 24.3 Å². The van der Waals surface area contributed by atoms with Crippen molar-refractivity contribution in [2.75, 3.05) is 0 Å². The number of fused-ring (bicyclic) bond motifs is 3. The Kier molecular flexibility index (Phi) is 2.70. The highest BCUT2D eigenvalue weighted by Gasteiger charge is 2.42. The van der Waals surface area contributed by atoms with Crippen molar-refractivity contribution in [2.24, 2.45) is 5.92 Å². The van der Waals surface area contributed by atoms with Crippen LogP contribution in [0.25, 0.3) is 5.65 Å². The van der Waals surface area contributed by atoms with Crippen molar-refractivity contribution in [1.82, 2.24) is 25.2 Å². The number of nitrogens with one attached hydrogen (secondary N) is 2. The highest BCUT2D eigenvalue weighted by Crippen LogP contribution is 2.33. The van der Waals surface area contributed by atoms with Gasteiger partial charge in [0.15, 0.2) is 11.5 Å². The molecule has 2 N–H and O–H groups in total. The molecule has 2 aromatic rings. The van der Waals surface area contributed by atoms with Gasteiger partial charge in [0.05, 0.1) is 12.5 Å². The van der Waals surface area contributed by atoms with Crippen LogP contribution >= 0.6 is 0 Å². The number of amides is 1. The van der Waals surface area contributed by atoms with Gasteiger partial charge in [0.2, 0.25) is 5.91 Å². The maximum absolute atomic E-state index is 12.3. The average Bonchev–Trinajstić information content (AvgIpc) is 3.19. The summed E-state index contributed by atoms with van der Waals surface area (Å²) >= 11 is 0. The highest BCUT2D eigenvalue weighted by molar-refractivity contribution is 5.80. The van der Waals surface area contributed by atoms with Crippen molar-refractivity contribution in [3.05, 3.63) is 30.2 Å². The molecule has 2 bridgehead atoms. The molecule has 20 heavy (non-hydrogen) atoms. The third-order valence-corrected chi connectivity index (χ3v) is 4.44. The molecule has 2 fully saturated rings. The molecule has 0 radical (unpaired) electrons. The fourth-order valence-electron chi connectivity index (χ4n) is 3.42. The first kappa shape index (κ1) is 11.8. The Hall–Kier alpha value is -1.95. The van der Waals surface area contributed by atoms with Crippen LogP contribution in [0.2, 0.25) is 0 Å². The number of pyridine rings is 1. The Labute approximate surface area is 116 Å². The minimum Gasteiger partial charge on any atom is -0.348 e. The van der Waals surface area contributed by atoms with Crippen molar-refractivity contribution >= 4 is 11.6 Å². The molecule has 4 heterocycles. The van der Waals surface area contributed by atoms with E-state index >= 15 is 0 Å². The largest absolute Gasteiger partial charge is 0.348 e. The lowest BCUT2D eigenvalue weighted by atomic mass is 9.88. The van der Waals surface area contributed by atoms with Gasteiger partial charge in [-0.25, -0.2) is 0 Å². The van der Waals surface area contributed by atoms with Crippen molar-refractivity contribution in [3.8, 4) is 0 Å². The van der Waals surface area contributed by atoms with Crippen LogP contribution in [-0.4, -0.2) is 32.6 Å². The molecule has 4 rings (SSSR count). The number of carbonyl (C=O) groups is 1. The Morgan fingerprint density at radius 3 is 3.15 bits per heavy atom. The van der Waals surface area contributed by atoms with Gasteiger partial charge in [-0.05, 0) is 31.4 Å². The van der Waals surface area contributed by atoms with E-state index in [2.05, 4.69) is 20.8 Å². The van der Waals surface area contributed by atoms with Gasteiger partial charge in [-0.15, -0.1) is 10.2 Å². The molecule has 2 saturated heterocycles. The summed E-state index contributed by atoms with van der Waals surface area (Å²) < 4.78 is 1.90. The lowest BCUT2D eigenvalue weighted by Gasteiger charge is -2.19. The summed E-state index contributed by atoms with van der Waals surface area (Å²) in [7, 11) is 0. The normalized spacial score (nSPS) is 28.1. The van der Waals surface area contributed by atoms with Crippen LogP contribution in [0.1, 0.15) is 25.1 Å². The molecule has 1 amide bonds. The van der Waals surface area contributed by atoms with E-state index in [1.54, 1.807) is 0 Å². The molecule has 6 heteroatoms.